The smallest absolute Gasteiger partial charge is 0.550 e. The van der Waals surface area contributed by atoms with Gasteiger partial charge in [-0.25, -0.2) is 0 Å². The van der Waals surface area contributed by atoms with Crippen molar-refractivity contribution in [1.29, 1.82) is 0 Å². The molecule has 0 fully saturated rings. The van der Waals surface area contributed by atoms with Gasteiger partial charge in [0, 0.05) is 17.9 Å². The molecule has 1 radical (unpaired) electrons. The van der Waals surface area contributed by atoms with Gasteiger partial charge in [-0.1, -0.05) is 208 Å². The van der Waals surface area contributed by atoms with Crippen molar-refractivity contribution < 1.29 is 99.3 Å². The molecule has 0 rings (SSSR count). The standard InChI is InChI=1S/3C8H16O2.3C5H8O2.9C2H5.4Al.3ClH.Nd/c3*1-2-3-4-5-6-7-8(9)10;3*1-4(6)3-5(2)7;9*1-2;;;;;;;;/h3*2-7H2,1H3,(H,9,10);3*3H2,1-2H3;9*1H2,2H3;;;;;3*1H;/q;;;;;;;;;;;;;;;;3*+1;;;;+3/p-6. The second-order valence-corrected chi connectivity index (χ2v) is 36.9. The largest absolute Gasteiger partial charge is 3.00 e. The number of carboxylic acid groups (broad SMARTS) is 3. The fourth-order valence-corrected chi connectivity index (χ4v) is 8.87. The van der Waals surface area contributed by atoms with E-state index in [9.17, 15) is 58.5 Å². The summed E-state index contributed by atoms with van der Waals surface area (Å²) >= 11 is -2.24. The van der Waals surface area contributed by atoms with Crippen LogP contribution in [-0.4, -0.2) is 106 Å². The molecule has 0 aromatic rings. The first-order valence-electron chi connectivity index (χ1n) is 28.9. The molecule has 0 aliphatic heterocycles. The summed E-state index contributed by atoms with van der Waals surface area (Å²) in [7, 11) is 17.4. The Morgan fingerprint density at radius 2 is 0.442 bits per heavy atom. The van der Waals surface area contributed by atoms with E-state index in [2.05, 4.69) is 83.1 Å². The summed E-state index contributed by atoms with van der Waals surface area (Å²) in [6.07, 6.45) is 17.1. The Labute approximate surface area is 537 Å². The second kappa shape index (κ2) is 90.6. The van der Waals surface area contributed by atoms with Crippen molar-refractivity contribution in [1.82, 2.24) is 0 Å². The van der Waals surface area contributed by atoms with Gasteiger partial charge in [0.05, 0.1) is 19.3 Å². The van der Waals surface area contributed by atoms with E-state index < -0.39 is 57.6 Å². The number of hydrogen-bond acceptors (Lipinski definition) is 12. The molecule has 0 heterocycles. The summed E-state index contributed by atoms with van der Waals surface area (Å²) in [6, 6.07) is 0. The minimum absolute atomic E-state index is 0. The van der Waals surface area contributed by atoms with Crippen molar-refractivity contribution in [2.45, 2.75) is 307 Å². The number of unbranched alkanes of at least 4 members (excludes halogenated alkanes) is 12. The number of carbonyl (C=O) groups excluding carboxylic acids is 9. The second-order valence-electron chi connectivity index (χ2n) is 18.7. The molecule has 0 bridgehead atoms. The molecule has 0 aromatic heterocycles. The molecule has 0 atom stereocenters. The molecule has 12 nitrogen and oxygen atoms in total. The van der Waals surface area contributed by atoms with Gasteiger partial charge in [0.15, 0.2) is 0 Å². The Hall–Kier alpha value is 0.781. The predicted molar refractivity (Wildman–Crippen MR) is 328 cm³/mol. The summed E-state index contributed by atoms with van der Waals surface area (Å²) in [5, 5.41) is 41.6. The molecular weight excluding hydrogens is 1240 g/mol. The van der Waals surface area contributed by atoms with Crippen molar-refractivity contribution in [3.63, 3.8) is 0 Å². The number of ketones is 6. The normalized spacial score (nSPS) is 8.84. The van der Waals surface area contributed by atoms with Gasteiger partial charge in [-0.2, -0.15) is 0 Å². The average molecular weight is 1350 g/mol. The zero-order chi connectivity index (χ0) is 61.7. The fourth-order valence-electron chi connectivity index (χ4n) is 5.40. The van der Waals surface area contributed by atoms with Crippen LogP contribution in [0, 0.1) is 40.8 Å². The molecule has 77 heavy (non-hydrogen) atoms. The van der Waals surface area contributed by atoms with Crippen molar-refractivity contribution in [2.75, 3.05) is 0 Å². The minimum atomic E-state index is -0.920. The zero-order valence-electron chi connectivity index (χ0n) is 52.6. The maximum atomic E-state index is 10.0. The van der Waals surface area contributed by atoms with E-state index in [4.69, 9.17) is 30.1 Å². The maximum Gasteiger partial charge on any atom is 3.00 e. The van der Waals surface area contributed by atoms with Crippen molar-refractivity contribution >= 4 is 137 Å². The maximum absolute atomic E-state index is 10.0. The predicted octanol–water partition coefficient (Wildman–Crippen LogP) is 14.3. The first kappa shape index (κ1) is 103. The van der Waals surface area contributed by atoms with Crippen LogP contribution < -0.4 is 15.3 Å². The number of carbonyl (C=O) groups is 9. The first-order chi connectivity index (χ1) is 35.5. The molecule has 20 heteroatoms. The number of rotatable bonds is 33. The third-order valence-electron chi connectivity index (χ3n) is 10.3. The van der Waals surface area contributed by atoms with E-state index in [-0.39, 0.29) is 128 Å². The molecule has 0 saturated heterocycles. The summed E-state index contributed by atoms with van der Waals surface area (Å²) in [4.78, 5) is 90.0. The van der Waals surface area contributed by atoms with Crippen molar-refractivity contribution in [3.8, 4) is 0 Å². The first-order valence-corrected chi connectivity index (χ1v) is 41.5. The van der Waals surface area contributed by atoms with Gasteiger partial charge in [0.1, 0.15) is 34.7 Å². The fraction of sp³-hybridized carbons (Fsp3) is 0.842. The van der Waals surface area contributed by atoms with Crippen LogP contribution in [0.3, 0.4) is 0 Å². The molecule has 0 spiro atoms. The van der Waals surface area contributed by atoms with Crippen LogP contribution in [0.15, 0.2) is 0 Å². The summed E-state index contributed by atoms with van der Waals surface area (Å²) in [5.74, 6) is -3.13. The third-order valence-corrected chi connectivity index (χ3v) is 24.7. The molecule has 0 aliphatic carbocycles. The molecule has 0 saturated carbocycles. The number of hydrogen-bond donors (Lipinski definition) is 0. The number of carboxylic acids is 3. The van der Waals surface area contributed by atoms with E-state index in [1.807, 2.05) is 0 Å². The van der Waals surface area contributed by atoms with Gasteiger partial charge in [0.2, 0.25) is 0 Å². The third kappa shape index (κ3) is 160. The molecule has 0 amide bonds. The topological polar surface area (TPSA) is 223 Å². The van der Waals surface area contributed by atoms with Crippen molar-refractivity contribution in [3.05, 3.63) is 0 Å². The number of Topliss-reactive ketones (excluding diaryl/α,β-unsaturated/α-hetero) is 6. The van der Waals surface area contributed by atoms with Gasteiger partial charge in [0.25, 0.3) is 14.1 Å². The molecule has 451 valence electrons. The van der Waals surface area contributed by atoms with E-state index in [0.717, 1.165) is 57.8 Å². The quantitative estimate of drug-likeness (QED) is 0.0340. The molecule has 0 aromatic carbocycles. The summed E-state index contributed by atoms with van der Waals surface area (Å²) in [6.45, 7) is 34.8. The van der Waals surface area contributed by atoms with Crippen LogP contribution in [0.4, 0.5) is 0 Å². The van der Waals surface area contributed by atoms with Crippen molar-refractivity contribution in [2.24, 2.45) is 0 Å². The summed E-state index contributed by atoms with van der Waals surface area (Å²) in [5.41, 5.74) is 0. The Balaban J connectivity index is -0.0000000702. The van der Waals surface area contributed by atoms with E-state index in [1.165, 1.54) is 128 Å². The molecule has 0 N–H and O–H groups in total. The Morgan fingerprint density at radius 1 is 0.286 bits per heavy atom. The summed E-state index contributed by atoms with van der Waals surface area (Å²) < 4.78 is 0. The van der Waals surface area contributed by atoms with Gasteiger partial charge in [-0.3, -0.25) is 58.9 Å². The number of aliphatic carboxylic acids is 3. The van der Waals surface area contributed by atoms with Gasteiger partial charge >= 0.3 is 80.5 Å². The molecule has 0 aliphatic rings. The van der Waals surface area contributed by atoms with E-state index >= 15 is 0 Å². The van der Waals surface area contributed by atoms with Crippen LogP contribution in [0.2, 0.25) is 47.5 Å². The SMILES string of the molecule is CC(=O)CC(C)=O.CC(=O)CC(C)=O.CC(=O)CC(C)=O.CCCCCCCC(=O)[O-].CCCCCCCC(=O)[O-].CCCCCCCC(=O)[O-].C[CH2][Al]([CH2]C)[CH2]C.C[CH2][Al]([Cl])[CH2]C.C[CH2][Al]([Cl])[CH2]C.C[CH2][Al]([Cl])[CH2]C.[Nd+3]. The van der Waals surface area contributed by atoms with Crippen LogP contribution in [0.25, 0.3) is 0 Å². The molecular formula is C57H114Al4Cl3NdO12. The van der Waals surface area contributed by atoms with Gasteiger partial charge in [-0.15, -0.1) is 0 Å². The Morgan fingerprint density at radius 3 is 0.506 bits per heavy atom. The van der Waals surface area contributed by atoms with Gasteiger partial charge in [-0.05, 0) is 80.1 Å². The van der Waals surface area contributed by atoms with Crippen LogP contribution in [-0.2, 0) is 43.2 Å². The zero-order valence-corrected chi connectivity index (χ0v) is 62.7. The molecule has 0 unspecified atom stereocenters. The van der Waals surface area contributed by atoms with Gasteiger partial charge < -0.3 is 29.7 Å². The number of halogens is 3. The monoisotopic (exact) mass is 1350 g/mol. The van der Waals surface area contributed by atoms with Crippen LogP contribution >= 0.6 is 30.1 Å². The van der Waals surface area contributed by atoms with Crippen LogP contribution in [0.1, 0.15) is 259 Å². The minimum Gasteiger partial charge on any atom is -0.550 e. The Kier molecular flexibility index (Phi) is 121. The van der Waals surface area contributed by atoms with E-state index in [0.29, 0.717) is 0 Å². The van der Waals surface area contributed by atoms with Crippen LogP contribution in [0.5, 0.6) is 0 Å². The van der Waals surface area contributed by atoms with E-state index in [1.54, 1.807) is 0 Å². The average Bonchev–Trinajstić information content (AvgIpc) is 3.33. The Bertz CT molecular complexity index is 1120.